The summed E-state index contributed by atoms with van der Waals surface area (Å²) in [6, 6.07) is 9.65. The number of nitrogens with zero attached hydrogens (tertiary/aromatic N) is 2. The molecule has 18 heavy (non-hydrogen) atoms. The molecule has 0 saturated carbocycles. The number of carbonyl (C=O) groups is 1. The Morgan fingerprint density at radius 2 is 2.06 bits per heavy atom. The molecule has 0 bridgehead atoms. The number of benzene rings is 1. The van der Waals surface area contributed by atoms with Gasteiger partial charge in [0.05, 0.1) is 12.5 Å². The second kappa shape index (κ2) is 6.94. The van der Waals surface area contributed by atoms with Gasteiger partial charge in [-0.1, -0.05) is 12.1 Å². The molecule has 94 valence electrons. The van der Waals surface area contributed by atoms with Gasteiger partial charge in [0.1, 0.15) is 0 Å². The molecule has 0 unspecified atom stereocenters. The Hall–Kier alpha value is -1.64. The lowest BCUT2D eigenvalue weighted by Gasteiger charge is -2.26. The van der Waals surface area contributed by atoms with Crippen molar-refractivity contribution in [3.63, 3.8) is 0 Å². The Bertz CT molecular complexity index is 437. The Kier molecular flexibility index (Phi) is 5.56. The average Bonchev–Trinajstić information content (AvgIpc) is 2.32. The summed E-state index contributed by atoms with van der Waals surface area (Å²) < 4.78 is 4.91. The lowest BCUT2D eigenvalue weighted by Crippen LogP contribution is -2.39. The van der Waals surface area contributed by atoms with Gasteiger partial charge in [0, 0.05) is 18.8 Å². The number of nitriles is 1. The van der Waals surface area contributed by atoms with Crippen LogP contribution in [0.25, 0.3) is 0 Å². The summed E-state index contributed by atoms with van der Waals surface area (Å²) in [7, 11) is 1.34. The summed E-state index contributed by atoms with van der Waals surface area (Å²) in [6.45, 7) is 3.92. The van der Waals surface area contributed by atoms with Gasteiger partial charge in [-0.15, -0.1) is 0 Å². The van der Waals surface area contributed by atoms with Crippen molar-refractivity contribution in [2.45, 2.75) is 26.3 Å². The number of hydrogen-bond donors (Lipinski definition) is 0. The predicted molar refractivity (Wildman–Crippen MR) is 71.5 cm³/mol. The van der Waals surface area contributed by atoms with E-state index in [-0.39, 0.29) is 21.3 Å². The van der Waals surface area contributed by atoms with Gasteiger partial charge >= 0.3 is 9.76 Å². The van der Waals surface area contributed by atoms with Crippen LogP contribution in [0.3, 0.4) is 0 Å². The fourth-order valence-corrected chi connectivity index (χ4v) is 2.31. The van der Waals surface area contributed by atoms with Crippen molar-refractivity contribution in [3.05, 3.63) is 29.8 Å². The van der Waals surface area contributed by atoms with E-state index >= 15 is 0 Å². The molecule has 0 atom stereocenters. The van der Waals surface area contributed by atoms with Crippen LogP contribution >= 0.6 is 0 Å². The number of rotatable bonds is 5. The first-order valence-corrected chi connectivity index (χ1v) is 6.59. The fourth-order valence-electron chi connectivity index (χ4n) is 1.65. The third-order valence-corrected chi connectivity index (χ3v) is 3.04. The monoisotopic (exact) mass is 260 g/mol. The number of anilines is 1. The quantitative estimate of drug-likeness (QED) is 0.764. The largest absolute Gasteiger partial charge is 0.411 e. The normalized spacial score (nSPS) is 10.2. The zero-order valence-corrected chi connectivity index (χ0v) is 11.8. The maximum absolute atomic E-state index is 12.0. The molecule has 1 amide bonds. The van der Waals surface area contributed by atoms with Gasteiger partial charge in [-0.2, -0.15) is 5.26 Å². The van der Waals surface area contributed by atoms with Crippen LogP contribution in [0.15, 0.2) is 24.3 Å². The van der Waals surface area contributed by atoms with Gasteiger partial charge in [-0.25, -0.2) is 0 Å². The predicted octanol–water partition coefficient (Wildman–Crippen LogP) is 2.35. The minimum absolute atomic E-state index is 0.0412. The van der Waals surface area contributed by atoms with E-state index in [4.69, 9.17) is 9.69 Å². The fraction of sp³-hybridized carbons (Fsp3) is 0.385. The van der Waals surface area contributed by atoms with Crippen molar-refractivity contribution in [3.8, 4) is 6.07 Å². The molecule has 5 heteroatoms. The number of amides is 1. The molecular weight excluding hydrogens is 244 g/mol. The van der Waals surface area contributed by atoms with Crippen LogP contribution in [0.1, 0.15) is 19.4 Å². The molecule has 0 aromatic heterocycles. The van der Waals surface area contributed by atoms with Gasteiger partial charge in [0.25, 0.3) is 0 Å². The highest BCUT2D eigenvalue weighted by molar-refractivity contribution is 6.71. The first kappa shape index (κ1) is 14.4. The Labute approximate surface area is 110 Å². The Morgan fingerprint density at radius 1 is 1.44 bits per heavy atom. The summed E-state index contributed by atoms with van der Waals surface area (Å²) in [5.74, 6) is 0. The van der Waals surface area contributed by atoms with E-state index in [1.807, 2.05) is 38.1 Å². The highest BCUT2D eigenvalue weighted by Crippen LogP contribution is 2.18. The van der Waals surface area contributed by atoms with Crippen molar-refractivity contribution < 1.29 is 9.22 Å². The third-order valence-electron chi connectivity index (χ3n) is 2.42. The molecule has 0 aliphatic carbocycles. The highest BCUT2D eigenvalue weighted by Gasteiger charge is 2.19. The molecular formula is C13H16N2O2Si. The van der Waals surface area contributed by atoms with E-state index < -0.39 is 0 Å². The maximum Gasteiger partial charge on any atom is 0.347 e. The highest BCUT2D eigenvalue weighted by atomic mass is 28.2. The summed E-state index contributed by atoms with van der Waals surface area (Å²) in [5, 5.41) is 8.61. The van der Waals surface area contributed by atoms with E-state index in [0.29, 0.717) is 6.42 Å². The van der Waals surface area contributed by atoms with Gasteiger partial charge in [0.15, 0.2) is 0 Å². The topological polar surface area (TPSA) is 53.3 Å². The molecule has 2 radical (unpaired) electrons. The lowest BCUT2D eigenvalue weighted by molar-refractivity contribution is 0.258. The smallest absolute Gasteiger partial charge is 0.347 e. The minimum Gasteiger partial charge on any atom is -0.411 e. The summed E-state index contributed by atoms with van der Waals surface area (Å²) in [6.07, 6.45) is 0.385. The summed E-state index contributed by atoms with van der Waals surface area (Å²) in [4.78, 5) is 13.7. The standard InChI is InChI=1S/C13H16N2O2Si/c1-10(2)15(13(16)18-17-3)12-6-4-11(5-7-12)8-9-14/h4-7,10H,8H2,1-3H3. The summed E-state index contributed by atoms with van der Waals surface area (Å²) >= 11 is 0. The molecule has 1 aromatic rings. The zero-order chi connectivity index (χ0) is 13.5. The number of carbonyl (C=O) groups excluding carboxylic acids is 1. The Morgan fingerprint density at radius 3 is 2.50 bits per heavy atom. The van der Waals surface area contributed by atoms with Crippen molar-refractivity contribution in [1.82, 2.24) is 0 Å². The van der Waals surface area contributed by atoms with Crippen LogP contribution in [0.5, 0.6) is 0 Å². The second-order valence-corrected chi connectivity index (χ2v) is 5.12. The van der Waals surface area contributed by atoms with E-state index in [2.05, 4.69) is 6.07 Å². The van der Waals surface area contributed by atoms with Crippen LogP contribution in [0.4, 0.5) is 10.5 Å². The SMILES string of the molecule is CO[Si]C(=O)N(c1ccc(CC#N)cc1)C(C)C. The molecule has 0 saturated heterocycles. The van der Waals surface area contributed by atoms with Gasteiger partial charge in [0.2, 0.25) is 5.53 Å². The second-order valence-electron chi connectivity index (χ2n) is 4.08. The maximum atomic E-state index is 12.0. The van der Waals surface area contributed by atoms with Crippen LogP contribution < -0.4 is 4.90 Å². The number of hydrogen-bond acceptors (Lipinski definition) is 3. The molecule has 1 rings (SSSR count). The minimum atomic E-state index is -0.180. The molecule has 1 aromatic carbocycles. The van der Waals surface area contributed by atoms with Crippen LogP contribution in [0, 0.1) is 11.3 Å². The first-order chi connectivity index (χ1) is 8.60. The van der Waals surface area contributed by atoms with E-state index in [1.165, 1.54) is 7.11 Å². The van der Waals surface area contributed by atoms with Gasteiger partial charge in [-0.05, 0) is 31.5 Å². The third kappa shape index (κ3) is 3.69. The molecule has 4 nitrogen and oxygen atoms in total. The van der Waals surface area contributed by atoms with Gasteiger partial charge in [-0.3, -0.25) is 4.79 Å². The van der Waals surface area contributed by atoms with Crippen LogP contribution in [-0.2, 0) is 10.8 Å². The van der Waals surface area contributed by atoms with E-state index in [0.717, 1.165) is 11.3 Å². The molecule has 0 N–H and O–H groups in total. The zero-order valence-electron chi connectivity index (χ0n) is 10.8. The molecule has 0 spiro atoms. The Balaban J connectivity index is 2.93. The van der Waals surface area contributed by atoms with Gasteiger partial charge < -0.3 is 9.33 Å². The molecule has 0 heterocycles. The molecule has 0 aliphatic heterocycles. The average molecular weight is 260 g/mol. The van der Waals surface area contributed by atoms with Crippen molar-refractivity contribution in [1.29, 1.82) is 5.26 Å². The van der Waals surface area contributed by atoms with Crippen molar-refractivity contribution in [2.24, 2.45) is 0 Å². The van der Waals surface area contributed by atoms with E-state index in [1.54, 1.807) is 4.90 Å². The van der Waals surface area contributed by atoms with Crippen LogP contribution in [-0.4, -0.2) is 28.4 Å². The van der Waals surface area contributed by atoms with Crippen LogP contribution in [0.2, 0.25) is 0 Å². The molecule has 0 aliphatic rings. The van der Waals surface area contributed by atoms with Crippen molar-refractivity contribution in [2.75, 3.05) is 12.0 Å². The first-order valence-electron chi connectivity index (χ1n) is 5.68. The van der Waals surface area contributed by atoms with Crippen molar-refractivity contribution >= 4 is 21.0 Å². The van der Waals surface area contributed by atoms with E-state index in [9.17, 15) is 4.79 Å². The summed E-state index contributed by atoms with van der Waals surface area (Å²) in [5.41, 5.74) is 1.74. The lowest BCUT2D eigenvalue weighted by atomic mass is 10.1. The molecule has 0 fully saturated rings.